The highest BCUT2D eigenvalue weighted by Gasteiger charge is 2.21. The zero-order chi connectivity index (χ0) is 13.2. The molecule has 5 nitrogen and oxygen atoms in total. The van der Waals surface area contributed by atoms with Gasteiger partial charge in [-0.15, -0.1) is 0 Å². The third kappa shape index (κ3) is 3.87. The van der Waals surface area contributed by atoms with Crippen LogP contribution in [-0.2, 0) is 0 Å². The van der Waals surface area contributed by atoms with Crippen molar-refractivity contribution in [1.82, 2.24) is 4.98 Å². The van der Waals surface area contributed by atoms with Crippen molar-refractivity contribution in [2.75, 3.05) is 18.5 Å². The first kappa shape index (κ1) is 13.7. The van der Waals surface area contributed by atoms with Crippen molar-refractivity contribution >= 4 is 23.4 Å². The molecule has 1 heterocycles. The minimum absolute atomic E-state index is 0.0566. The number of halogens is 1. The lowest BCUT2D eigenvalue weighted by Crippen LogP contribution is -2.37. The summed E-state index contributed by atoms with van der Waals surface area (Å²) in [7, 11) is 1.66. The van der Waals surface area contributed by atoms with Gasteiger partial charge in [-0.1, -0.05) is 11.6 Å². The van der Waals surface area contributed by atoms with Crippen LogP contribution >= 0.6 is 11.6 Å². The second-order valence-corrected chi connectivity index (χ2v) is 4.87. The van der Waals surface area contributed by atoms with Crippen molar-refractivity contribution in [2.24, 2.45) is 0 Å². The van der Waals surface area contributed by atoms with Crippen LogP contribution in [-0.4, -0.2) is 40.4 Å². The zero-order valence-corrected chi connectivity index (χ0v) is 10.7. The lowest BCUT2D eigenvalue weighted by Gasteiger charge is -2.27. The van der Waals surface area contributed by atoms with Crippen LogP contribution < -0.4 is 4.90 Å². The second-order valence-electron chi connectivity index (χ2n) is 4.48. The third-order valence-electron chi connectivity index (χ3n) is 2.06. The van der Waals surface area contributed by atoms with E-state index < -0.39 is 11.6 Å². The normalized spacial score (nSPS) is 11.4. The number of hydrogen-bond acceptors (Lipinski definition) is 4. The number of carboxylic acids is 1. The van der Waals surface area contributed by atoms with Gasteiger partial charge >= 0.3 is 5.97 Å². The van der Waals surface area contributed by atoms with E-state index in [4.69, 9.17) is 16.7 Å². The molecule has 0 aromatic carbocycles. The highest BCUT2D eigenvalue weighted by molar-refractivity contribution is 6.29. The van der Waals surface area contributed by atoms with Crippen LogP contribution in [0, 0.1) is 0 Å². The number of rotatable bonds is 4. The monoisotopic (exact) mass is 258 g/mol. The molecule has 0 fully saturated rings. The highest BCUT2D eigenvalue weighted by Crippen LogP contribution is 2.21. The van der Waals surface area contributed by atoms with Crippen LogP contribution in [0.4, 0.5) is 5.82 Å². The van der Waals surface area contributed by atoms with E-state index in [2.05, 4.69) is 4.98 Å². The topological polar surface area (TPSA) is 73.7 Å². The Bertz CT molecular complexity index is 429. The van der Waals surface area contributed by atoms with Gasteiger partial charge in [-0.25, -0.2) is 9.78 Å². The fourth-order valence-corrected chi connectivity index (χ4v) is 1.68. The molecule has 17 heavy (non-hydrogen) atoms. The van der Waals surface area contributed by atoms with E-state index in [1.165, 1.54) is 12.1 Å². The smallest absolute Gasteiger partial charge is 0.339 e. The third-order valence-corrected chi connectivity index (χ3v) is 2.27. The van der Waals surface area contributed by atoms with Crippen molar-refractivity contribution in [3.05, 3.63) is 22.8 Å². The number of aromatic carboxylic acids is 1. The average Bonchev–Trinajstić information content (AvgIpc) is 2.14. The van der Waals surface area contributed by atoms with Crippen LogP contribution in [0.2, 0.25) is 5.15 Å². The van der Waals surface area contributed by atoms with Crippen molar-refractivity contribution < 1.29 is 15.0 Å². The Morgan fingerprint density at radius 2 is 2.12 bits per heavy atom. The number of aromatic nitrogens is 1. The van der Waals surface area contributed by atoms with Gasteiger partial charge in [0.05, 0.1) is 5.60 Å². The Morgan fingerprint density at radius 1 is 1.53 bits per heavy atom. The highest BCUT2D eigenvalue weighted by atomic mass is 35.5. The molecular weight excluding hydrogens is 244 g/mol. The molecule has 1 rings (SSSR count). The number of aliphatic hydroxyl groups is 1. The molecule has 0 amide bonds. The molecule has 94 valence electrons. The van der Waals surface area contributed by atoms with E-state index >= 15 is 0 Å². The molecule has 0 aliphatic heterocycles. The number of nitrogens with zero attached hydrogens (tertiary/aromatic N) is 2. The van der Waals surface area contributed by atoms with Crippen LogP contribution in [0.15, 0.2) is 12.1 Å². The van der Waals surface area contributed by atoms with Crippen molar-refractivity contribution in [3.63, 3.8) is 0 Å². The molecule has 0 spiro atoms. The van der Waals surface area contributed by atoms with Gasteiger partial charge in [0.2, 0.25) is 0 Å². The van der Waals surface area contributed by atoms with E-state index in [1.807, 2.05) is 0 Å². The van der Waals surface area contributed by atoms with Gasteiger partial charge in [0, 0.05) is 13.6 Å². The Kier molecular flexibility index (Phi) is 3.95. The number of pyridine rings is 1. The predicted octanol–water partition coefficient (Wildman–Crippen LogP) is 1.64. The van der Waals surface area contributed by atoms with Gasteiger partial charge in [-0.2, -0.15) is 0 Å². The molecule has 0 aliphatic carbocycles. The maximum Gasteiger partial charge on any atom is 0.339 e. The molecule has 0 unspecified atom stereocenters. The molecular formula is C11H15ClN2O3. The number of carbonyl (C=O) groups is 1. The van der Waals surface area contributed by atoms with E-state index in [0.717, 1.165) is 0 Å². The van der Waals surface area contributed by atoms with Gasteiger partial charge in [-0.3, -0.25) is 0 Å². The summed E-state index contributed by atoms with van der Waals surface area (Å²) in [6.45, 7) is 3.52. The SMILES string of the molecule is CN(CC(C)(C)O)c1nc(Cl)ccc1C(=O)O. The second kappa shape index (κ2) is 4.89. The molecule has 0 bridgehead atoms. The summed E-state index contributed by atoms with van der Waals surface area (Å²) in [5.41, 5.74) is -0.893. The number of anilines is 1. The van der Waals surface area contributed by atoms with Gasteiger partial charge in [0.25, 0.3) is 0 Å². The van der Waals surface area contributed by atoms with Crippen molar-refractivity contribution in [1.29, 1.82) is 0 Å². The van der Waals surface area contributed by atoms with Crippen LogP contribution in [0.25, 0.3) is 0 Å². The summed E-state index contributed by atoms with van der Waals surface area (Å²) in [5, 5.41) is 18.9. The Hall–Kier alpha value is -1.33. The summed E-state index contributed by atoms with van der Waals surface area (Å²) < 4.78 is 0. The first-order valence-electron chi connectivity index (χ1n) is 5.04. The van der Waals surface area contributed by atoms with Gasteiger partial charge < -0.3 is 15.1 Å². The van der Waals surface area contributed by atoms with E-state index in [-0.39, 0.29) is 23.1 Å². The van der Waals surface area contributed by atoms with Crippen molar-refractivity contribution in [3.8, 4) is 0 Å². The van der Waals surface area contributed by atoms with Gasteiger partial charge in [0.15, 0.2) is 0 Å². The molecule has 0 radical (unpaired) electrons. The largest absolute Gasteiger partial charge is 0.478 e. The van der Waals surface area contributed by atoms with Gasteiger partial charge in [-0.05, 0) is 26.0 Å². The standard InChI is InChI=1S/C11H15ClN2O3/c1-11(2,17)6-14(3)9-7(10(15)16)4-5-8(12)13-9/h4-5,17H,6H2,1-3H3,(H,15,16). The molecule has 6 heteroatoms. The molecule has 0 aliphatic rings. The van der Waals surface area contributed by atoms with E-state index in [1.54, 1.807) is 25.8 Å². The zero-order valence-electron chi connectivity index (χ0n) is 9.94. The lowest BCUT2D eigenvalue weighted by molar-refractivity contribution is 0.0693. The summed E-state index contributed by atoms with van der Waals surface area (Å²) in [5.74, 6) is -0.834. The van der Waals surface area contributed by atoms with Gasteiger partial charge in [0.1, 0.15) is 16.5 Å². The summed E-state index contributed by atoms with van der Waals surface area (Å²) >= 11 is 5.74. The fourth-order valence-electron chi connectivity index (χ4n) is 1.54. The van der Waals surface area contributed by atoms with Crippen molar-refractivity contribution in [2.45, 2.75) is 19.4 Å². The molecule has 0 saturated heterocycles. The maximum atomic E-state index is 11.0. The maximum absolute atomic E-state index is 11.0. The summed E-state index contributed by atoms with van der Waals surface area (Å²) in [6, 6.07) is 2.82. The minimum atomic E-state index is -1.08. The fraction of sp³-hybridized carbons (Fsp3) is 0.455. The van der Waals surface area contributed by atoms with Crippen LogP contribution in [0.1, 0.15) is 24.2 Å². The lowest BCUT2D eigenvalue weighted by atomic mass is 10.1. The average molecular weight is 259 g/mol. The first-order valence-corrected chi connectivity index (χ1v) is 5.42. The van der Waals surface area contributed by atoms with E-state index in [9.17, 15) is 9.90 Å². The predicted molar refractivity (Wildman–Crippen MR) is 65.8 cm³/mol. The Labute approximate surface area is 105 Å². The summed E-state index contributed by atoms with van der Waals surface area (Å²) in [4.78, 5) is 16.6. The molecule has 1 aromatic heterocycles. The number of hydrogen-bond donors (Lipinski definition) is 2. The quantitative estimate of drug-likeness (QED) is 0.803. The Balaban J connectivity index is 3.10. The molecule has 0 saturated carbocycles. The molecule has 1 aromatic rings. The number of likely N-dealkylation sites (N-methyl/N-ethyl adjacent to an activating group) is 1. The van der Waals surface area contributed by atoms with Crippen LogP contribution in [0.5, 0.6) is 0 Å². The van der Waals surface area contributed by atoms with E-state index in [0.29, 0.717) is 0 Å². The minimum Gasteiger partial charge on any atom is -0.478 e. The first-order chi connectivity index (χ1) is 7.70. The summed E-state index contributed by atoms with van der Waals surface area (Å²) in [6.07, 6.45) is 0. The van der Waals surface area contributed by atoms with Crippen LogP contribution in [0.3, 0.4) is 0 Å². The molecule has 2 N–H and O–H groups in total. The Morgan fingerprint density at radius 3 is 2.59 bits per heavy atom. The number of carboxylic acid groups (broad SMARTS) is 1. The molecule has 0 atom stereocenters.